The van der Waals surface area contributed by atoms with Gasteiger partial charge in [0.05, 0.1) is 0 Å². The number of hydrogen-bond donors (Lipinski definition) is 2. The van der Waals surface area contributed by atoms with Crippen LogP contribution >= 0.6 is 0 Å². The Labute approximate surface area is 72.3 Å². The number of hydrazine groups is 1. The third kappa shape index (κ3) is 1.82. The molecule has 0 saturated carbocycles. The van der Waals surface area contributed by atoms with Crippen LogP contribution in [0.4, 0.5) is 0 Å². The molecule has 0 atom stereocenters. The average molecular weight is 184 g/mol. The third-order valence-corrected chi connectivity index (χ3v) is 1.36. The maximum atomic E-state index is 11.0. The molecule has 1 amide bonds. The summed E-state index contributed by atoms with van der Waals surface area (Å²) in [5, 5.41) is 0.596. The van der Waals surface area contributed by atoms with E-state index >= 15 is 0 Å². The second-order valence-electron chi connectivity index (χ2n) is 2.32. The van der Waals surface area contributed by atoms with Gasteiger partial charge in [-0.15, -0.1) is 0 Å². The Kier molecular flexibility index (Phi) is 2.29. The molecule has 0 bridgehead atoms. The fraction of sp³-hybridized carbons (Fsp3) is 0.167. The van der Waals surface area contributed by atoms with Crippen LogP contribution in [-0.4, -0.2) is 15.6 Å². The van der Waals surface area contributed by atoms with Gasteiger partial charge in [-0.1, -0.05) is 0 Å². The van der Waals surface area contributed by atoms with E-state index in [1.807, 2.05) is 4.98 Å². The van der Waals surface area contributed by atoms with Crippen LogP contribution in [0.1, 0.15) is 6.92 Å². The molecule has 1 aromatic heterocycles. The molecule has 0 saturated heterocycles. The quantitative estimate of drug-likeness (QED) is 0.296. The molecule has 0 aliphatic carbocycles. The summed E-state index contributed by atoms with van der Waals surface area (Å²) in [7, 11) is 0. The first kappa shape index (κ1) is 9.20. The lowest BCUT2D eigenvalue weighted by atomic mass is 10.6. The fourth-order valence-corrected chi connectivity index (χ4v) is 0.732. The van der Waals surface area contributed by atoms with Crippen molar-refractivity contribution in [2.75, 3.05) is 5.12 Å². The smallest absolute Gasteiger partial charge is 0.272 e. The van der Waals surface area contributed by atoms with Crippen molar-refractivity contribution in [1.82, 2.24) is 9.66 Å². The Hall–Kier alpha value is -1.89. The number of nitrogens with one attached hydrogen (secondary N) is 1. The lowest BCUT2D eigenvalue weighted by Crippen LogP contribution is -2.51. The lowest BCUT2D eigenvalue weighted by molar-refractivity contribution is -0.118. The fourth-order valence-electron chi connectivity index (χ4n) is 0.732. The summed E-state index contributed by atoms with van der Waals surface area (Å²) >= 11 is 0. The number of aromatic amines is 1. The number of amides is 1. The number of nitrogens with zero attached hydrogens (tertiary/aromatic N) is 2. The van der Waals surface area contributed by atoms with Gasteiger partial charge < -0.3 is 0 Å². The van der Waals surface area contributed by atoms with Gasteiger partial charge in [-0.3, -0.25) is 14.6 Å². The SMILES string of the molecule is CC(=O)N(N)n1ccc(=O)[nH]c1=O. The first-order valence-corrected chi connectivity index (χ1v) is 3.40. The highest BCUT2D eigenvalue weighted by atomic mass is 16.2. The van der Waals surface area contributed by atoms with Gasteiger partial charge in [0.1, 0.15) is 0 Å². The largest absolute Gasteiger partial charge is 0.348 e. The number of carbonyl (C=O) groups is 1. The standard InChI is InChI=1S/C6H8N4O3/c1-4(11)10(7)9-3-2-5(12)8-6(9)13/h2-3H,7H2,1H3,(H,8,12,13). The van der Waals surface area contributed by atoms with Crippen LogP contribution in [0.3, 0.4) is 0 Å². The zero-order valence-electron chi connectivity index (χ0n) is 6.85. The van der Waals surface area contributed by atoms with E-state index in [4.69, 9.17) is 5.84 Å². The van der Waals surface area contributed by atoms with Crippen LogP contribution in [0.5, 0.6) is 0 Å². The summed E-state index contributed by atoms with van der Waals surface area (Å²) in [5.41, 5.74) is -1.30. The summed E-state index contributed by atoms with van der Waals surface area (Å²) < 4.78 is 0.795. The predicted octanol–water partition coefficient (Wildman–Crippen LogP) is -2.11. The molecular formula is C6H8N4O3. The maximum absolute atomic E-state index is 11.0. The highest BCUT2D eigenvalue weighted by Gasteiger charge is 2.06. The molecule has 0 radical (unpaired) electrons. The van der Waals surface area contributed by atoms with Crippen LogP contribution in [0.25, 0.3) is 0 Å². The summed E-state index contributed by atoms with van der Waals surface area (Å²) in [6.07, 6.45) is 1.11. The second-order valence-corrected chi connectivity index (χ2v) is 2.32. The molecule has 7 heteroatoms. The number of nitrogens with two attached hydrogens (primary N) is 1. The first-order valence-electron chi connectivity index (χ1n) is 3.40. The number of aromatic nitrogens is 2. The number of carbonyl (C=O) groups excluding carboxylic acids is 1. The first-order chi connectivity index (χ1) is 6.02. The summed E-state index contributed by atoms with van der Waals surface area (Å²) in [4.78, 5) is 34.3. The molecule has 0 unspecified atom stereocenters. The summed E-state index contributed by atoms with van der Waals surface area (Å²) in [5.74, 6) is 4.69. The molecule has 0 aromatic carbocycles. The molecule has 3 N–H and O–H groups in total. The topological polar surface area (TPSA) is 101 Å². The monoisotopic (exact) mass is 184 g/mol. The van der Waals surface area contributed by atoms with Crippen molar-refractivity contribution in [2.45, 2.75) is 6.92 Å². The Morgan fingerprint density at radius 1 is 1.62 bits per heavy atom. The van der Waals surface area contributed by atoms with E-state index in [0.717, 1.165) is 16.9 Å². The van der Waals surface area contributed by atoms with Crippen molar-refractivity contribution in [3.05, 3.63) is 33.1 Å². The van der Waals surface area contributed by atoms with Crippen LogP contribution in [0.15, 0.2) is 21.9 Å². The highest BCUT2D eigenvalue weighted by Crippen LogP contribution is 1.76. The van der Waals surface area contributed by atoms with Crippen LogP contribution in [0.2, 0.25) is 0 Å². The Bertz CT molecular complexity index is 432. The highest BCUT2D eigenvalue weighted by molar-refractivity contribution is 5.82. The minimum Gasteiger partial charge on any atom is -0.272 e. The van der Waals surface area contributed by atoms with E-state index in [9.17, 15) is 14.4 Å². The minimum atomic E-state index is -0.759. The Morgan fingerprint density at radius 2 is 2.23 bits per heavy atom. The molecule has 70 valence electrons. The normalized spacial score (nSPS) is 9.69. The van der Waals surface area contributed by atoms with E-state index in [2.05, 4.69) is 0 Å². The lowest BCUT2D eigenvalue weighted by Gasteiger charge is -2.14. The zero-order valence-corrected chi connectivity index (χ0v) is 6.85. The van der Waals surface area contributed by atoms with Crippen LogP contribution in [0, 0.1) is 0 Å². The molecule has 0 aliphatic rings. The molecule has 13 heavy (non-hydrogen) atoms. The van der Waals surface area contributed by atoms with Crippen molar-refractivity contribution in [2.24, 2.45) is 5.84 Å². The van der Waals surface area contributed by atoms with Gasteiger partial charge in [-0.05, 0) is 0 Å². The van der Waals surface area contributed by atoms with Gasteiger partial charge in [0, 0.05) is 19.2 Å². The minimum absolute atomic E-state index is 0.519. The van der Waals surface area contributed by atoms with Gasteiger partial charge in [0.15, 0.2) is 0 Å². The van der Waals surface area contributed by atoms with Gasteiger partial charge in [0.2, 0.25) is 0 Å². The Balaban J connectivity index is 3.24. The van der Waals surface area contributed by atoms with Crippen molar-refractivity contribution in [1.29, 1.82) is 0 Å². The molecule has 0 fully saturated rings. The summed E-state index contributed by atoms with van der Waals surface area (Å²) in [6.45, 7) is 1.19. The third-order valence-electron chi connectivity index (χ3n) is 1.36. The molecule has 7 nitrogen and oxygen atoms in total. The van der Waals surface area contributed by atoms with Crippen LogP contribution < -0.4 is 22.2 Å². The van der Waals surface area contributed by atoms with Gasteiger partial charge in [-0.25, -0.2) is 10.6 Å². The molecule has 1 aromatic rings. The molecule has 0 spiro atoms. The number of H-pyrrole nitrogens is 1. The van der Waals surface area contributed by atoms with E-state index in [-0.39, 0.29) is 0 Å². The predicted molar refractivity (Wildman–Crippen MR) is 44.4 cm³/mol. The van der Waals surface area contributed by atoms with Crippen LogP contribution in [-0.2, 0) is 4.79 Å². The van der Waals surface area contributed by atoms with Crippen molar-refractivity contribution in [3.8, 4) is 0 Å². The van der Waals surface area contributed by atoms with E-state index in [0.29, 0.717) is 5.12 Å². The van der Waals surface area contributed by atoms with E-state index in [1.54, 1.807) is 0 Å². The Morgan fingerprint density at radius 3 is 2.69 bits per heavy atom. The van der Waals surface area contributed by atoms with Gasteiger partial charge in [0.25, 0.3) is 11.5 Å². The van der Waals surface area contributed by atoms with Gasteiger partial charge >= 0.3 is 5.69 Å². The van der Waals surface area contributed by atoms with Crippen molar-refractivity contribution >= 4 is 5.91 Å². The second kappa shape index (κ2) is 3.23. The summed E-state index contributed by atoms with van der Waals surface area (Å²) in [6, 6.07) is 1.09. The number of rotatable bonds is 1. The van der Waals surface area contributed by atoms with Gasteiger partial charge in [-0.2, -0.15) is 9.79 Å². The van der Waals surface area contributed by atoms with Crippen molar-refractivity contribution < 1.29 is 4.79 Å². The maximum Gasteiger partial charge on any atom is 0.348 e. The number of hydrogen-bond acceptors (Lipinski definition) is 4. The molecule has 1 heterocycles. The average Bonchev–Trinajstić information content (AvgIpc) is 2.03. The van der Waals surface area contributed by atoms with Crippen molar-refractivity contribution in [3.63, 3.8) is 0 Å². The van der Waals surface area contributed by atoms with E-state index < -0.39 is 17.2 Å². The molecule has 1 rings (SSSR count). The molecule has 0 aliphatic heterocycles. The van der Waals surface area contributed by atoms with E-state index in [1.165, 1.54) is 6.92 Å². The molecular weight excluding hydrogens is 176 g/mol. The zero-order chi connectivity index (χ0) is 10.0.